The van der Waals surface area contributed by atoms with E-state index in [9.17, 15) is 4.79 Å². The molecule has 1 aliphatic rings. The Balaban J connectivity index is 1.63. The van der Waals surface area contributed by atoms with Gasteiger partial charge in [0.05, 0.1) is 5.56 Å². The standard InChI is InChI=1S/C19H23N3O/c23-19(22-17-11-7-2-1-3-8-12-17)16-13-20-18(21-14-16)15-9-5-4-6-10-15/h4-6,9-10,13-14,17H,1-3,7-8,11-12H2,(H,22,23). The summed E-state index contributed by atoms with van der Waals surface area (Å²) in [5, 5.41) is 3.14. The van der Waals surface area contributed by atoms with E-state index in [1.165, 1.54) is 32.1 Å². The van der Waals surface area contributed by atoms with E-state index in [4.69, 9.17) is 0 Å². The van der Waals surface area contributed by atoms with Crippen LogP contribution in [0.1, 0.15) is 55.3 Å². The lowest BCUT2D eigenvalue weighted by Gasteiger charge is -2.20. The number of carbonyl (C=O) groups is 1. The number of hydrogen-bond acceptors (Lipinski definition) is 3. The highest BCUT2D eigenvalue weighted by Crippen LogP contribution is 2.18. The lowest BCUT2D eigenvalue weighted by molar-refractivity contribution is 0.0929. The first-order valence-corrected chi connectivity index (χ1v) is 8.51. The Hall–Kier alpha value is -2.23. The van der Waals surface area contributed by atoms with E-state index in [1.54, 1.807) is 12.4 Å². The summed E-state index contributed by atoms with van der Waals surface area (Å²) in [5.41, 5.74) is 1.49. The minimum absolute atomic E-state index is 0.0600. The largest absolute Gasteiger partial charge is 0.349 e. The molecule has 0 saturated heterocycles. The van der Waals surface area contributed by atoms with Crippen LogP contribution in [0.4, 0.5) is 0 Å². The van der Waals surface area contributed by atoms with E-state index in [-0.39, 0.29) is 11.9 Å². The zero-order valence-corrected chi connectivity index (χ0v) is 13.4. The van der Waals surface area contributed by atoms with Gasteiger partial charge in [-0.1, -0.05) is 62.4 Å². The van der Waals surface area contributed by atoms with E-state index in [0.717, 1.165) is 18.4 Å². The molecule has 1 N–H and O–H groups in total. The van der Waals surface area contributed by atoms with Crippen LogP contribution in [0.25, 0.3) is 11.4 Å². The van der Waals surface area contributed by atoms with Gasteiger partial charge in [-0.25, -0.2) is 9.97 Å². The number of rotatable bonds is 3. The predicted molar refractivity (Wildman–Crippen MR) is 91.0 cm³/mol. The van der Waals surface area contributed by atoms with Gasteiger partial charge in [-0.05, 0) is 12.8 Å². The van der Waals surface area contributed by atoms with Crippen LogP contribution >= 0.6 is 0 Å². The summed E-state index contributed by atoms with van der Waals surface area (Å²) in [6.07, 6.45) is 11.7. The van der Waals surface area contributed by atoms with Crippen molar-refractivity contribution in [3.8, 4) is 11.4 Å². The summed E-state index contributed by atoms with van der Waals surface area (Å²) < 4.78 is 0. The van der Waals surface area contributed by atoms with Crippen LogP contribution in [0, 0.1) is 0 Å². The summed E-state index contributed by atoms with van der Waals surface area (Å²) >= 11 is 0. The Bertz CT molecular complexity index is 617. The topological polar surface area (TPSA) is 54.9 Å². The van der Waals surface area contributed by atoms with Crippen molar-refractivity contribution in [2.75, 3.05) is 0 Å². The Kier molecular flexibility index (Phi) is 5.35. The fourth-order valence-electron chi connectivity index (χ4n) is 3.05. The fourth-order valence-corrected chi connectivity index (χ4v) is 3.05. The zero-order chi connectivity index (χ0) is 15.9. The highest BCUT2D eigenvalue weighted by atomic mass is 16.1. The van der Waals surface area contributed by atoms with Gasteiger partial charge in [0.2, 0.25) is 0 Å². The van der Waals surface area contributed by atoms with Crippen LogP contribution in [0.3, 0.4) is 0 Å². The van der Waals surface area contributed by atoms with E-state index >= 15 is 0 Å². The summed E-state index contributed by atoms with van der Waals surface area (Å²) in [6, 6.07) is 10.1. The maximum absolute atomic E-state index is 12.4. The molecule has 1 aromatic heterocycles. The monoisotopic (exact) mass is 309 g/mol. The second kappa shape index (κ2) is 7.86. The molecule has 2 aromatic rings. The van der Waals surface area contributed by atoms with E-state index in [1.807, 2.05) is 30.3 Å². The second-order valence-electron chi connectivity index (χ2n) is 6.18. The maximum atomic E-state index is 12.4. The highest BCUT2D eigenvalue weighted by molar-refractivity contribution is 5.93. The summed E-state index contributed by atoms with van der Waals surface area (Å²) in [7, 11) is 0. The molecule has 120 valence electrons. The van der Waals surface area contributed by atoms with Crippen molar-refractivity contribution in [1.82, 2.24) is 15.3 Å². The third-order valence-corrected chi connectivity index (χ3v) is 4.39. The number of amides is 1. The summed E-state index contributed by atoms with van der Waals surface area (Å²) in [6.45, 7) is 0. The molecule has 1 saturated carbocycles. The van der Waals surface area contributed by atoms with Gasteiger partial charge in [-0.3, -0.25) is 4.79 Å². The van der Waals surface area contributed by atoms with Crippen molar-refractivity contribution in [1.29, 1.82) is 0 Å². The van der Waals surface area contributed by atoms with Gasteiger partial charge in [0.25, 0.3) is 5.91 Å². The number of benzene rings is 1. The molecule has 1 aliphatic carbocycles. The minimum Gasteiger partial charge on any atom is -0.349 e. The first-order valence-electron chi connectivity index (χ1n) is 8.51. The molecule has 0 bridgehead atoms. The van der Waals surface area contributed by atoms with Crippen LogP contribution in [-0.4, -0.2) is 21.9 Å². The molecule has 0 atom stereocenters. The molecule has 0 radical (unpaired) electrons. The average Bonchev–Trinajstić information content (AvgIpc) is 2.58. The fraction of sp³-hybridized carbons (Fsp3) is 0.421. The molecule has 0 aliphatic heterocycles. The highest BCUT2D eigenvalue weighted by Gasteiger charge is 2.15. The Morgan fingerprint density at radius 1 is 0.913 bits per heavy atom. The number of nitrogens with zero attached hydrogens (tertiary/aromatic N) is 2. The smallest absolute Gasteiger partial charge is 0.254 e. The molecule has 3 rings (SSSR count). The van der Waals surface area contributed by atoms with Crippen LogP contribution in [0.15, 0.2) is 42.7 Å². The number of hydrogen-bond donors (Lipinski definition) is 1. The molecule has 0 unspecified atom stereocenters. The number of aromatic nitrogens is 2. The van der Waals surface area contributed by atoms with Gasteiger partial charge < -0.3 is 5.32 Å². The van der Waals surface area contributed by atoms with Gasteiger partial charge >= 0.3 is 0 Å². The molecule has 1 heterocycles. The molecule has 4 nitrogen and oxygen atoms in total. The van der Waals surface area contributed by atoms with Gasteiger partial charge in [-0.15, -0.1) is 0 Å². The average molecular weight is 309 g/mol. The molecule has 0 spiro atoms. The molecule has 1 aromatic carbocycles. The zero-order valence-electron chi connectivity index (χ0n) is 13.4. The van der Waals surface area contributed by atoms with Crippen molar-refractivity contribution in [3.05, 3.63) is 48.3 Å². The molecular weight excluding hydrogens is 286 g/mol. The molecule has 23 heavy (non-hydrogen) atoms. The van der Waals surface area contributed by atoms with Gasteiger partial charge in [0.1, 0.15) is 0 Å². The lowest BCUT2D eigenvalue weighted by Crippen LogP contribution is -2.35. The predicted octanol–water partition coefficient (Wildman–Crippen LogP) is 3.99. The maximum Gasteiger partial charge on any atom is 0.254 e. The van der Waals surface area contributed by atoms with Crippen molar-refractivity contribution in [2.24, 2.45) is 0 Å². The number of carbonyl (C=O) groups excluding carboxylic acids is 1. The normalized spacial score (nSPS) is 16.3. The molecular formula is C19H23N3O. The van der Waals surface area contributed by atoms with Gasteiger partial charge in [0, 0.05) is 24.0 Å². The molecule has 1 fully saturated rings. The Morgan fingerprint density at radius 3 is 2.17 bits per heavy atom. The van der Waals surface area contributed by atoms with Crippen molar-refractivity contribution >= 4 is 5.91 Å². The second-order valence-corrected chi connectivity index (χ2v) is 6.18. The molecule has 4 heteroatoms. The Morgan fingerprint density at radius 2 is 1.52 bits per heavy atom. The van der Waals surface area contributed by atoms with Crippen molar-refractivity contribution in [2.45, 2.75) is 51.0 Å². The summed E-state index contributed by atoms with van der Waals surface area (Å²) in [5.74, 6) is 0.586. The van der Waals surface area contributed by atoms with Crippen molar-refractivity contribution in [3.63, 3.8) is 0 Å². The lowest BCUT2D eigenvalue weighted by atomic mass is 9.96. The third-order valence-electron chi connectivity index (χ3n) is 4.39. The van der Waals surface area contributed by atoms with Crippen LogP contribution in [0.5, 0.6) is 0 Å². The third kappa shape index (κ3) is 4.38. The van der Waals surface area contributed by atoms with E-state index < -0.39 is 0 Å². The first kappa shape index (κ1) is 15.7. The minimum atomic E-state index is -0.0600. The van der Waals surface area contributed by atoms with Crippen LogP contribution in [0.2, 0.25) is 0 Å². The Labute approximate surface area is 137 Å². The molecule has 1 amide bonds. The quantitative estimate of drug-likeness (QED) is 0.933. The van der Waals surface area contributed by atoms with Gasteiger partial charge in [-0.2, -0.15) is 0 Å². The van der Waals surface area contributed by atoms with E-state index in [2.05, 4.69) is 15.3 Å². The van der Waals surface area contributed by atoms with E-state index in [0.29, 0.717) is 11.4 Å². The number of nitrogens with one attached hydrogen (secondary N) is 1. The summed E-state index contributed by atoms with van der Waals surface area (Å²) in [4.78, 5) is 21.0. The van der Waals surface area contributed by atoms with Gasteiger partial charge in [0.15, 0.2) is 5.82 Å². The van der Waals surface area contributed by atoms with Crippen LogP contribution < -0.4 is 5.32 Å². The SMILES string of the molecule is O=C(NC1CCCCCCC1)c1cnc(-c2ccccc2)nc1. The van der Waals surface area contributed by atoms with Crippen LogP contribution in [-0.2, 0) is 0 Å². The van der Waals surface area contributed by atoms with Crippen molar-refractivity contribution < 1.29 is 4.79 Å². The first-order chi connectivity index (χ1) is 11.3.